The lowest BCUT2D eigenvalue weighted by atomic mass is 9.90. The summed E-state index contributed by atoms with van der Waals surface area (Å²) < 4.78 is 23.0. The first-order valence-corrected chi connectivity index (χ1v) is 9.97. The third kappa shape index (κ3) is 3.40. The molecule has 0 spiro atoms. The van der Waals surface area contributed by atoms with Crippen LogP contribution >= 0.6 is 15.9 Å². The number of hydrogen-bond acceptors (Lipinski definition) is 6. The fourth-order valence-electron chi connectivity index (χ4n) is 3.45. The highest BCUT2D eigenvalue weighted by Crippen LogP contribution is 2.50. The van der Waals surface area contributed by atoms with E-state index in [1.165, 1.54) is 13.2 Å². The predicted molar refractivity (Wildman–Crippen MR) is 111 cm³/mol. The van der Waals surface area contributed by atoms with Crippen LogP contribution in [0.25, 0.3) is 11.0 Å². The van der Waals surface area contributed by atoms with Crippen molar-refractivity contribution in [2.75, 3.05) is 7.11 Å². The van der Waals surface area contributed by atoms with Gasteiger partial charge in [0.05, 0.1) is 28.5 Å². The lowest BCUT2D eigenvalue weighted by molar-refractivity contribution is -0.00865. The summed E-state index contributed by atoms with van der Waals surface area (Å²) in [5.41, 5.74) is -0.0291. The van der Waals surface area contributed by atoms with Crippen LogP contribution in [0.5, 0.6) is 11.5 Å². The Morgan fingerprint density at radius 1 is 1.14 bits per heavy atom. The van der Waals surface area contributed by atoms with Gasteiger partial charge in [-0.25, -0.2) is 9.59 Å². The van der Waals surface area contributed by atoms with Crippen molar-refractivity contribution < 1.29 is 23.4 Å². The second-order valence-corrected chi connectivity index (χ2v) is 8.27. The molecule has 0 radical (unpaired) electrons. The van der Waals surface area contributed by atoms with Crippen LogP contribution in [0.15, 0.2) is 57.7 Å². The van der Waals surface area contributed by atoms with Gasteiger partial charge in [0.25, 0.3) is 0 Å². The molecule has 6 nitrogen and oxygen atoms in total. The highest BCUT2D eigenvalue weighted by atomic mass is 79.9. The zero-order valence-electron chi connectivity index (χ0n) is 16.1. The molecule has 3 aromatic rings. The topological polar surface area (TPSA) is 75.0 Å². The molecule has 0 bridgehead atoms. The smallest absolute Gasteiger partial charge is 0.338 e. The number of halogens is 1. The van der Waals surface area contributed by atoms with Crippen LogP contribution in [0, 0.1) is 0 Å². The Bertz CT molecular complexity index is 1140. The third-order valence-electron chi connectivity index (χ3n) is 4.92. The van der Waals surface area contributed by atoms with Gasteiger partial charge in [-0.3, -0.25) is 0 Å². The van der Waals surface area contributed by atoms with E-state index in [0.717, 1.165) is 0 Å². The minimum atomic E-state index is -0.750. The molecule has 1 aliphatic rings. The molecule has 1 aromatic heterocycles. The summed E-state index contributed by atoms with van der Waals surface area (Å²) in [4.78, 5) is 24.4. The number of alkyl halides is 1. The first-order valence-electron chi connectivity index (χ1n) is 9.05. The average Bonchev–Trinajstić information content (AvgIpc) is 2.70. The Balaban J connectivity index is 1.91. The van der Waals surface area contributed by atoms with Gasteiger partial charge in [-0.15, -0.1) is 0 Å². The van der Waals surface area contributed by atoms with E-state index < -0.39 is 28.1 Å². The van der Waals surface area contributed by atoms with E-state index in [4.69, 9.17) is 18.6 Å². The van der Waals surface area contributed by atoms with E-state index in [1.807, 2.05) is 19.9 Å². The van der Waals surface area contributed by atoms with Crippen molar-refractivity contribution in [1.29, 1.82) is 0 Å². The lowest BCUT2D eigenvalue weighted by Crippen LogP contribution is -2.46. The lowest BCUT2D eigenvalue weighted by Gasteiger charge is -2.41. The first kappa shape index (κ1) is 19.5. The molecule has 0 unspecified atom stereocenters. The largest absolute Gasteiger partial charge is 0.496 e. The number of benzene rings is 2. The maximum absolute atomic E-state index is 12.8. The number of hydrogen-bond donors (Lipinski definition) is 0. The zero-order chi connectivity index (χ0) is 20.8. The molecule has 2 heterocycles. The highest BCUT2D eigenvalue weighted by Gasteiger charge is 2.46. The van der Waals surface area contributed by atoms with Crippen LogP contribution in [0.2, 0.25) is 0 Å². The van der Waals surface area contributed by atoms with Gasteiger partial charge in [0.2, 0.25) is 0 Å². The second kappa shape index (κ2) is 7.22. The fraction of sp³-hybridized carbons (Fsp3) is 0.273. The molecule has 1 aliphatic heterocycles. The molecule has 0 fully saturated rings. The minimum Gasteiger partial charge on any atom is -0.496 e. The standard InChI is InChI=1S/C22H19BrO6/c1-22(2)20(23)19(28-21(25)12-7-5-4-6-8-12)17-15(29-22)11-14(26-3)13-9-10-16(24)27-18(13)17/h4-11,19-20H,1-3H3/t19-,20+/m1/s1. The Kier molecular flexibility index (Phi) is 4.86. The third-order valence-corrected chi connectivity index (χ3v) is 6.50. The summed E-state index contributed by atoms with van der Waals surface area (Å²) in [6, 6.07) is 13.4. The first-order chi connectivity index (χ1) is 13.8. The van der Waals surface area contributed by atoms with Crippen molar-refractivity contribution in [1.82, 2.24) is 0 Å². The highest BCUT2D eigenvalue weighted by molar-refractivity contribution is 9.09. The van der Waals surface area contributed by atoms with Gasteiger partial charge in [0.1, 0.15) is 17.1 Å². The van der Waals surface area contributed by atoms with Gasteiger partial charge in [-0.2, -0.15) is 0 Å². The SMILES string of the molecule is COc1cc2c(c3oc(=O)ccc13)[C@@H](OC(=O)c1ccccc1)[C@H](Br)C(C)(C)O2. The van der Waals surface area contributed by atoms with Crippen molar-refractivity contribution >= 4 is 32.9 Å². The van der Waals surface area contributed by atoms with Crippen LogP contribution in [0.4, 0.5) is 0 Å². The predicted octanol–water partition coefficient (Wildman–Crippen LogP) is 4.63. The summed E-state index contributed by atoms with van der Waals surface area (Å²) >= 11 is 3.63. The molecule has 0 amide bonds. The van der Waals surface area contributed by atoms with Crippen molar-refractivity contribution in [3.63, 3.8) is 0 Å². The Labute approximate surface area is 175 Å². The number of carbonyl (C=O) groups is 1. The minimum absolute atomic E-state index is 0.276. The number of esters is 1. The van der Waals surface area contributed by atoms with E-state index in [-0.39, 0.29) is 5.58 Å². The van der Waals surface area contributed by atoms with E-state index in [0.29, 0.717) is 28.0 Å². The van der Waals surface area contributed by atoms with Crippen LogP contribution in [-0.4, -0.2) is 23.5 Å². The second-order valence-electron chi connectivity index (χ2n) is 7.29. The molecular weight excluding hydrogens is 440 g/mol. The van der Waals surface area contributed by atoms with Gasteiger partial charge >= 0.3 is 11.6 Å². The van der Waals surface area contributed by atoms with Crippen LogP contribution in [0.3, 0.4) is 0 Å². The van der Waals surface area contributed by atoms with Gasteiger partial charge in [0, 0.05) is 12.1 Å². The summed E-state index contributed by atoms with van der Waals surface area (Å²) in [5, 5.41) is 0.592. The molecule has 4 rings (SSSR count). The van der Waals surface area contributed by atoms with Crippen LogP contribution in [-0.2, 0) is 4.74 Å². The van der Waals surface area contributed by atoms with Crippen molar-refractivity contribution in [3.05, 3.63) is 70.1 Å². The van der Waals surface area contributed by atoms with Gasteiger partial charge in [0.15, 0.2) is 11.7 Å². The van der Waals surface area contributed by atoms with Crippen LogP contribution in [0.1, 0.15) is 35.9 Å². The summed E-state index contributed by atoms with van der Waals surface area (Å²) in [7, 11) is 1.53. The van der Waals surface area contributed by atoms with E-state index in [1.54, 1.807) is 36.4 Å². The molecule has 0 N–H and O–H groups in total. The van der Waals surface area contributed by atoms with Gasteiger partial charge in [-0.1, -0.05) is 34.1 Å². The molecule has 2 aromatic carbocycles. The normalized spacial score (nSPS) is 19.9. The molecular formula is C22H19BrO6. The maximum Gasteiger partial charge on any atom is 0.338 e. The summed E-state index contributed by atoms with van der Waals surface area (Å²) in [6.07, 6.45) is -0.750. The number of rotatable bonds is 3. The van der Waals surface area contributed by atoms with Crippen LogP contribution < -0.4 is 15.1 Å². The number of carbonyl (C=O) groups excluding carboxylic acids is 1. The maximum atomic E-state index is 12.8. The molecule has 0 saturated carbocycles. The van der Waals surface area contributed by atoms with E-state index >= 15 is 0 Å². The summed E-state index contributed by atoms with van der Waals surface area (Å²) in [6.45, 7) is 3.77. The van der Waals surface area contributed by atoms with Gasteiger partial charge in [-0.05, 0) is 32.0 Å². The molecule has 29 heavy (non-hydrogen) atoms. The molecule has 150 valence electrons. The fourth-order valence-corrected chi connectivity index (χ4v) is 3.91. The Morgan fingerprint density at radius 2 is 1.86 bits per heavy atom. The number of methoxy groups -OCH3 is 1. The molecule has 0 saturated heterocycles. The Hall–Kier alpha value is -2.80. The van der Waals surface area contributed by atoms with Gasteiger partial charge < -0.3 is 18.6 Å². The molecule has 7 heteroatoms. The monoisotopic (exact) mass is 458 g/mol. The summed E-state index contributed by atoms with van der Waals surface area (Å²) in [5.74, 6) is 0.459. The quantitative estimate of drug-likeness (QED) is 0.323. The number of ether oxygens (including phenoxy) is 3. The Morgan fingerprint density at radius 3 is 2.55 bits per heavy atom. The average molecular weight is 459 g/mol. The number of fused-ring (bicyclic) bond motifs is 3. The van der Waals surface area contributed by atoms with Crippen molar-refractivity contribution in [2.24, 2.45) is 0 Å². The van der Waals surface area contributed by atoms with E-state index in [9.17, 15) is 9.59 Å². The van der Waals surface area contributed by atoms with Crippen molar-refractivity contribution in [3.8, 4) is 11.5 Å². The molecule has 0 aliphatic carbocycles. The zero-order valence-corrected chi connectivity index (χ0v) is 17.7. The molecule has 2 atom stereocenters. The van der Waals surface area contributed by atoms with E-state index in [2.05, 4.69) is 15.9 Å². The van der Waals surface area contributed by atoms with Crippen molar-refractivity contribution in [2.45, 2.75) is 30.4 Å².